The molecule has 68 valence electrons. The van der Waals surface area contributed by atoms with Crippen molar-refractivity contribution in [2.24, 2.45) is 5.73 Å². The van der Waals surface area contributed by atoms with Gasteiger partial charge < -0.3 is 5.73 Å². The Morgan fingerprint density at radius 3 is 3.00 bits per heavy atom. The minimum atomic E-state index is 0.109. The number of benzene rings is 1. The van der Waals surface area contributed by atoms with Gasteiger partial charge in [-0.05, 0) is 18.1 Å². The minimum Gasteiger partial charge on any atom is -0.324 e. The van der Waals surface area contributed by atoms with E-state index in [1.54, 1.807) is 0 Å². The summed E-state index contributed by atoms with van der Waals surface area (Å²) >= 11 is 1.87. The Balaban J connectivity index is 2.18. The van der Waals surface area contributed by atoms with Crippen LogP contribution in [0, 0.1) is 0 Å². The third kappa shape index (κ3) is 1.64. The van der Waals surface area contributed by atoms with Crippen LogP contribution in [0.3, 0.4) is 0 Å². The standard InChI is InChI=1S/C11H13NS/c1-2-9(12)11-7-8-5-3-4-6-10(8)13-11/h2-6,9,11H,1,7,12H2. The van der Waals surface area contributed by atoms with Gasteiger partial charge in [0.25, 0.3) is 0 Å². The summed E-state index contributed by atoms with van der Waals surface area (Å²) in [5, 5.41) is 0.481. The van der Waals surface area contributed by atoms with E-state index in [2.05, 4.69) is 30.8 Å². The highest BCUT2D eigenvalue weighted by Gasteiger charge is 2.25. The molecular formula is C11H13NS. The second-order valence-electron chi connectivity index (χ2n) is 3.28. The third-order valence-corrected chi connectivity index (χ3v) is 3.81. The second kappa shape index (κ2) is 3.56. The maximum atomic E-state index is 5.92. The van der Waals surface area contributed by atoms with Crippen LogP contribution in [0.2, 0.25) is 0 Å². The van der Waals surface area contributed by atoms with E-state index in [1.165, 1.54) is 10.5 Å². The largest absolute Gasteiger partial charge is 0.324 e. The number of fused-ring (bicyclic) bond motifs is 1. The first-order chi connectivity index (χ1) is 6.31. The van der Waals surface area contributed by atoms with Gasteiger partial charge in [-0.1, -0.05) is 24.3 Å². The molecule has 2 N–H and O–H groups in total. The Labute approximate surface area is 83.0 Å². The van der Waals surface area contributed by atoms with Gasteiger partial charge in [0.15, 0.2) is 0 Å². The SMILES string of the molecule is C=CC(N)C1Cc2ccccc2S1. The van der Waals surface area contributed by atoms with Crippen molar-refractivity contribution in [1.82, 2.24) is 0 Å². The Morgan fingerprint density at radius 1 is 1.54 bits per heavy atom. The number of hydrogen-bond donors (Lipinski definition) is 1. The van der Waals surface area contributed by atoms with E-state index in [-0.39, 0.29) is 6.04 Å². The highest BCUT2D eigenvalue weighted by molar-refractivity contribution is 8.00. The van der Waals surface area contributed by atoms with Crippen molar-refractivity contribution in [3.8, 4) is 0 Å². The summed E-state index contributed by atoms with van der Waals surface area (Å²) in [6.45, 7) is 3.73. The topological polar surface area (TPSA) is 26.0 Å². The summed E-state index contributed by atoms with van der Waals surface area (Å²) in [5.74, 6) is 0. The second-order valence-corrected chi connectivity index (χ2v) is 4.56. The monoisotopic (exact) mass is 191 g/mol. The van der Waals surface area contributed by atoms with Crippen LogP contribution < -0.4 is 5.73 Å². The lowest BCUT2D eigenvalue weighted by Gasteiger charge is -2.12. The Kier molecular flexibility index (Phi) is 2.42. The molecule has 1 aromatic carbocycles. The van der Waals surface area contributed by atoms with Crippen LogP contribution in [0.5, 0.6) is 0 Å². The predicted octanol–water partition coefficient (Wildman–Crippen LogP) is 2.22. The highest BCUT2D eigenvalue weighted by atomic mass is 32.2. The summed E-state index contributed by atoms with van der Waals surface area (Å²) in [7, 11) is 0. The van der Waals surface area contributed by atoms with E-state index in [1.807, 2.05) is 17.8 Å². The number of nitrogens with two attached hydrogens (primary N) is 1. The molecule has 1 aromatic rings. The molecule has 1 aliphatic heterocycles. The summed E-state index contributed by atoms with van der Waals surface area (Å²) in [4.78, 5) is 1.38. The van der Waals surface area contributed by atoms with E-state index in [0.717, 1.165) is 6.42 Å². The van der Waals surface area contributed by atoms with Crippen LogP contribution in [0.15, 0.2) is 41.8 Å². The molecule has 13 heavy (non-hydrogen) atoms. The van der Waals surface area contributed by atoms with Crippen molar-refractivity contribution in [2.45, 2.75) is 22.6 Å². The normalized spacial score (nSPS) is 22.4. The zero-order valence-electron chi connectivity index (χ0n) is 7.44. The molecule has 2 unspecified atom stereocenters. The molecule has 0 radical (unpaired) electrons. The molecule has 0 spiro atoms. The number of rotatable bonds is 2. The number of hydrogen-bond acceptors (Lipinski definition) is 2. The Morgan fingerprint density at radius 2 is 2.31 bits per heavy atom. The first-order valence-electron chi connectivity index (χ1n) is 4.44. The average molecular weight is 191 g/mol. The Bertz CT molecular complexity index is 297. The van der Waals surface area contributed by atoms with E-state index < -0.39 is 0 Å². The van der Waals surface area contributed by atoms with Crippen LogP contribution in [-0.2, 0) is 6.42 Å². The molecule has 0 saturated heterocycles. The molecule has 0 amide bonds. The molecule has 2 rings (SSSR count). The zero-order chi connectivity index (χ0) is 9.26. The van der Waals surface area contributed by atoms with Crippen molar-refractivity contribution in [1.29, 1.82) is 0 Å². The van der Waals surface area contributed by atoms with Crippen LogP contribution >= 0.6 is 11.8 Å². The molecule has 1 nitrogen and oxygen atoms in total. The first kappa shape index (κ1) is 8.85. The molecule has 1 aliphatic rings. The quantitative estimate of drug-likeness (QED) is 0.725. The van der Waals surface area contributed by atoms with Gasteiger partial charge in [-0.25, -0.2) is 0 Å². The van der Waals surface area contributed by atoms with Crippen LogP contribution in [0.4, 0.5) is 0 Å². The molecular weight excluding hydrogens is 178 g/mol. The lowest BCUT2D eigenvalue weighted by molar-refractivity contribution is 0.752. The lowest BCUT2D eigenvalue weighted by Crippen LogP contribution is -2.29. The van der Waals surface area contributed by atoms with Crippen molar-refractivity contribution >= 4 is 11.8 Å². The van der Waals surface area contributed by atoms with Gasteiger partial charge in [0.1, 0.15) is 0 Å². The fourth-order valence-electron chi connectivity index (χ4n) is 1.58. The summed E-state index contributed by atoms with van der Waals surface area (Å²) < 4.78 is 0. The van der Waals surface area contributed by atoms with E-state index in [0.29, 0.717) is 5.25 Å². The molecule has 0 aromatic heterocycles. The van der Waals surface area contributed by atoms with E-state index >= 15 is 0 Å². The summed E-state index contributed by atoms with van der Waals surface area (Å²) in [6.07, 6.45) is 2.91. The van der Waals surface area contributed by atoms with Gasteiger partial charge in [-0.2, -0.15) is 0 Å². The predicted molar refractivity (Wildman–Crippen MR) is 58.0 cm³/mol. The van der Waals surface area contributed by atoms with Gasteiger partial charge in [0.05, 0.1) is 0 Å². The van der Waals surface area contributed by atoms with Crippen molar-refractivity contribution < 1.29 is 0 Å². The first-order valence-corrected chi connectivity index (χ1v) is 5.32. The molecule has 2 atom stereocenters. The Hall–Kier alpha value is -0.730. The zero-order valence-corrected chi connectivity index (χ0v) is 8.26. The van der Waals surface area contributed by atoms with Crippen LogP contribution in [0.1, 0.15) is 5.56 Å². The number of thioether (sulfide) groups is 1. The summed E-state index contributed by atoms with van der Waals surface area (Å²) in [6, 6.07) is 8.61. The summed E-state index contributed by atoms with van der Waals surface area (Å²) in [5.41, 5.74) is 7.34. The van der Waals surface area contributed by atoms with Crippen LogP contribution in [-0.4, -0.2) is 11.3 Å². The lowest BCUT2D eigenvalue weighted by atomic mass is 10.1. The molecule has 1 heterocycles. The molecule has 0 bridgehead atoms. The van der Waals surface area contributed by atoms with Gasteiger partial charge in [0, 0.05) is 16.2 Å². The van der Waals surface area contributed by atoms with Crippen molar-refractivity contribution in [3.63, 3.8) is 0 Å². The van der Waals surface area contributed by atoms with Gasteiger partial charge in [-0.15, -0.1) is 18.3 Å². The van der Waals surface area contributed by atoms with Crippen molar-refractivity contribution in [3.05, 3.63) is 42.5 Å². The molecule has 0 saturated carbocycles. The van der Waals surface area contributed by atoms with Gasteiger partial charge in [0.2, 0.25) is 0 Å². The van der Waals surface area contributed by atoms with E-state index in [4.69, 9.17) is 5.73 Å². The highest BCUT2D eigenvalue weighted by Crippen LogP contribution is 2.37. The smallest absolute Gasteiger partial charge is 0.0348 e. The molecule has 0 fully saturated rings. The minimum absolute atomic E-state index is 0.109. The van der Waals surface area contributed by atoms with Crippen LogP contribution in [0.25, 0.3) is 0 Å². The average Bonchev–Trinajstić information content (AvgIpc) is 2.59. The van der Waals surface area contributed by atoms with E-state index in [9.17, 15) is 0 Å². The maximum Gasteiger partial charge on any atom is 0.0348 e. The molecule has 0 aliphatic carbocycles. The molecule has 2 heteroatoms. The van der Waals surface area contributed by atoms with Gasteiger partial charge >= 0.3 is 0 Å². The third-order valence-electron chi connectivity index (χ3n) is 2.37. The maximum absolute atomic E-state index is 5.92. The van der Waals surface area contributed by atoms with Gasteiger partial charge in [-0.3, -0.25) is 0 Å². The van der Waals surface area contributed by atoms with Crippen molar-refractivity contribution in [2.75, 3.05) is 0 Å². The fourth-order valence-corrected chi connectivity index (χ4v) is 2.89. The fraction of sp³-hybridized carbons (Fsp3) is 0.273.